The van der Waals surface area contributed by atoms with E-state index in [1.54, 1.807) is 25.1 Å². The van der Waals surface area contributed by atoms with Gasteiger partial charge in [-0.05, 0) is 43.4 Å². The Balaban J connectivity index is 1.47. The summed E-state index contributed by atoms with van der Waals surface area (Å²) in [6.45, 7) is 1.81. The number of para-hydroxylation sites is 1. The molecule has 38 heavy (non-hydrogen) atoms. The Bertz CT molecular complexity index is 1500. The van der Waals surface area contributed by atoms with Gasteiger partial charge in [0, 0.05) is 28.2 Å². The van der Waals surface area contributed by atoms with Crippen LogP contribution in [0.4, 0.5) is 0 Å². The predicted molar refractivity (Wildman–Crippen MR) is 138 cm³/mol. The maximum Gasteiger partial charge on any atom is 0.234 e. The number of carbonyl (C=O) groups is 4. The summed E-state index contributed by atoms with van der Waals surface area (Å²) in [4.78, 5) is 55.3. The molecule has 192 valence electrons. The van der Waals surface area contributed by atoms with E-state index in [0.717, 1.165) is 11.1 Å². The SMILES string of the molecule is COc1cccc(C2C3=CCC4C(=O)N(Cc5ccccc5)C(=O)C4C3CC3=C2C(=O)C(C)=CC3=O)c1O. The number of rotatable bonds is 4. The fourth-order valence-electron chi connectivity index (χ4n) is 6.64. The molecule has 4 unspecified atom stereocenters. The molecule has 1 saturated heterocycles. The van der Waals surface area contributed by atoms with Gasteiger partial charge >= 0.3 is 0 Å². The summed E-state index contributed by atoms with van der Waals surface area (Å²) < 4.78 is 5.33. The predicted octanol–water partition coefficient (Wildman–Crippen LogP) is 4.03. The van der Waals surface area contributed by atoms with E-state index < -0.39 is 23.7 Å². The number of amides is 2. The zero-order chi connectivity index (χ0) is 26.7. The second-order valence-electron chi connectivity index (χ2n) is 10.4. The van der Waals surface area contributed by atoms with Crippen LogP contribution in [0.25, 0.3) is 0 Å². The maximum atomic E-state index is 13.8. The second kappa shape index (κ2) is 8.94. The van der Waals surface area contributed by atoms with Crippen LogP contribution in [0.5, 0.6) is 11.5 Å². The number of methoxy groups -OCH3 is 1. The van der Waals surface area contributed by atoms with Crippen molar-refractivity contribution in [2.75, 3.05) is 7.11 Å². The molecule has 0 aromatic heterocycles. The molecule has 0 radical (unpaired) electrons. The molecule has 0 saturated carbocycles. The number of aromatic hydroxyl groups is 1. The molecule has 7 nitrogen and oxygen atoms in total. The van der Waals surface area contributed by atoms with Gasteiger partial charge in [0.2, 0.25) is 11.8 Å². The third kappa shape index (κ3) is 3.49. The summed E-state index contributed by atoms with van der Waals surface area (Å²) in [5.41, 5.74) is 3.15. The zero-order valence-corrected chi connectivity index (χ0v) is 21.1. The normalized spacial score (nSPS) is 26.5. The summed E-state index contributed by atoms with van der Waals surface area (Å²) in [5.74, 6) is -3.13. The number of fused-ring (bicyclic) bond motifs is 3. The molecule has 1 fully saturated rings. The lowest BCUT2D eigenvalue weighted by Crippen LogP contribution is -2.39. The minimum Gasteiger partial charge on any atom is -0.504 e. The molecule has 6 rings (SSSR count). The number of carbonyl (C=O) groups excluding carboxylic acids is 4. The highest BCUT2D eigenvalue weighted by Crippen LogP contribution is 2.56. The summed E-state index contributed by atoms with van der Waals surface area (Å²) in [5, 5.41) is 11.1. The van der Waals surface area contributed by atoms with Gasteiger partial charge in [0.05, 0.1) is 25.5 Å². The zero-order valence-electron chi connectivity index (χ0n) is 21.1. The van der Waals surface area contributed by atoms with Gasteiger partial charge in [-0.15, -0.1) is 0 Å². The molecule has 4 aliphatic rings. The molecule has 0 bridgehead atoms. The summed E-state index contributed by atoms with van der Waals surface area (Å²) >= 11 is 0. The topological polar surface area (TPSA) is 101 Å². The second-order valence-corrected chi connectivity index (χ2v) is 10.4. The van der Waals surface area contributed by atoms with E-state index in [-0.39, 0.29) is 47.8 Å². The molecular weight excluding hydrogens is 482 g/mol. The van der Waals surface area contributed by atoms with Crippen LogP contribution in [0.3, 0.4) is 0 Å². The number of benzene rings is 2. The van der Waals surface area contributed by atoms with Crippen molar-refractivity contribution >= 4 is 23.4 Å². The number of imide groups is 1. The van der Waals surface area contributed by atoms with Gasteiger partial charge in [0.15, 0.2) is 23.1 Å². The molecule has 2 aromatic rings. The van der Waals surface area contributed by atoms with Crippen LogP contribution in [0, 0.1) is 17.8 Å². The van der Waals surface area contributed by atoms with Gasteiger partial charge < -0.3 is 9.84 Å². The number of allylic oxidation sites excluding steroid dienone is 6. The van der Waals surface area contributed by atoms with E-state index in [0.29, 0.717) is 28.7 Å². The van der Waals surface area contributed by atoms with Crippen molar-refractivity contribution in [1.29, 1.82) is 0 Å². The Hall–Kier alpha value is -4.26. The van der Waals surface area contributed by atoms with Gasteiger partial charge in [-0.3, -0.25) is 24.1 Å². The first-order valence-corrected chi connectivity index (χ1v) is 12.8. The van der Waals surface area contributed by atoms with E-state index in [4.69, 9.17) is 4.74 Å². The number of phenolic OH excluding ortho intramolecular Hbond substituents is 1. The number of hydrogen-bond acceptors (Lipinski definition) is 6. The highest BCUT2D eigenvalue weighted by atomic mass is 16.5. The fraction of sp³-hybridized carbons (Fsp3) is 0.290. The Kier molecular flexibility index (Phi) is 5.67. The van der Waals surface area contributed by atoms with E-state index in [1.807, 2.05) is 36.4 Å². The average Bonchev–Trinajstić information content (AvgIpc) is 3.16. The van der Waals surface area contributed by atoms with Crippen LogP contribution in [0.15, 0.2) is 83.0 Å². The minimum atomic E-state index is -0.717. The minimum absolute atomic E-state index is 0.109. The maximum absolute atomic E-state index is 13.8. The van der Waals surface area contributed by atoms with Crippen LogP contribution >= 0.6 is 0 Å². The van der Waals surface area contributed by atoms with Gasteiger partial charge in [0.1, 0.15) is 0 Å². The highest BCUT2D eigenvalue weighted by molar-refractivity contribution is 6.24. The van der Waals surface area contributed by atoms with Gasteiger partial charge in [0.25, 0.3) is 0 Å². The number of Topliss-reactive ketones (excluding diaryl/α,β-unsaturated/α-hetero) is 1. The highest BCUT2D eigenvalue weighted by Gasteiger charge is 2.56. The molecule has 1 N–H and O–H groups in total. The molecule has 0 spiro atoms. The Labute approximate surface area is 220 Å². The fourth-order valence-corrected chi connectivity index (χ4v) is 6.64. The summed E-state index contributed by atoms with van der Waals surface area (Å²) in [7, 11) is 1.45. The summed E-state index contributed by atoms with van der Waals surface area (Å²) in [6.07, 6.45) is 3.85. The number of likely N-dealkylation sites (tertiary alicyclic amines) is 1. The lowest BCUT2D eigenvalue weighted by molar-refractivity contribution is -0.140. The van der Waals surface area contributed by atoms with Crippen molar-refractivity contribution in [3.8, 4) is 11.5 Å². The Morgan fingerprint density at radius 3 is 2.47 bits per heavy atom. The van der Waals surface area contributed by atoms with Crippen LogP contribution in [0.2, 0.25) is 0 Å². The van der Waals surface area contributed by atoms with Crippen LogP contribution in [-0.2, 0) is 25.7 Å². The van der Waals surface area contributed by atoms with Crippen molar-refractivity contribution in [3.05, 3.63) is 94.1 Å². The van der Waals surface area contributed by atoms with E-state index >= 15 is 0 Å². The van der Waals surface area contributed by atoms with Crippen molar-refractivity contribution in [3.63, 3.8) is 0 Å². The van der Waals surface area contributed by atoms with Crippen LogP contribution in [-0.4, -0.2) is 40.5 Å². The molecular formula is C31H27NO6. The van der Waals surface area contributed by atoms with Gasteiger partial charge in [-0.1, -0.05) is 54.1 Å². The average molecular weight is 510 g/mol. The van der Waals surface area contributed by atoms with Crippen molar-refractivity contribution in [2.45, 2.75) is 32.2 Å². The van der Waals surface area contributed by atoms with Gasteiger partial charge in [-0.25, -0.2) is 0 Å². The van der Waals surface area contributed by atoms with Crippen LogP contribution in [0.1, 0.15) is 36.8 Å². The summed E-state index contributed by atoms with van der Waals surface area (Å²) in [6, 6.07) is 14.5. The lowest BCUT2D eigenvalue weighted by atomic mass is 9.59. The Morgan fingerprint density at radius 2 is 1.74 bits per heavy atom. The smallest absolute Gasteiger partial charge is 0.234 e. The van der Waals surface area contributed by atoms with E-state index in [1.165, 1.54) is 18.1 Å². The van der Waals surface area contributed by atoms with Crippen LogP contribution < -0.4 is 4.74 Å². The lowest BCUT2D eigenvalue weighted by Gasteiger charge is -2.42. The number of ketones is 2. The first-order valence-electron chi connectivity index (χ1n) is 12.8. The number of ether oxygens (including phenoxy) is 1. The number of phenols is 1. The third-order valence-electron chi connectivity index (χ3n) is 8.40. The first-order chi connectivity index (χ1) is 18.3. The Morgan fingerprint density at radius 1 is 0.974 bits per heavy atom. The van der Waals surface area contributed by atoms with E-state index in [2.05, 4.69) is 0 Å². The molecule has 2 aromatic carbocycles. The van der Waals surface area contributed by atoms with Crippen molar-refractivity contribution in [2.24, 2.45) is 17.8 Å². The number of nitrogens with zero attached hydrogens (tertiary/aromatic N) is 1. The van der Waals surface area contributed by atoms with E-state index in [9.17, 15) is 24.3 Å². The molecule has 1 aliphatic heterocycles. The monoisotopic (exact) mass is 509 g/mol. The molecule has 1 heterocycles. The first kappa shape index (κ1) is 24.1. The quantitative estimate of drug-likeness (QED) is 0.380. The largest absolute Gasteiger partial charge is 0.504 e. The molecule has 2 amide bonds. The standard InChI is InChI=1S/C31H27NO6/c1-16-13-23(33)22-14-21-18(25(27(22)28(16)34)19-9-6-10-24(38-2)29(19)35)11-12-20-26(21)31(37)32(30(20)36)15-17-7-4-3-5-8-17/h3-11,13,20-21,25-26,35H,12,14-15H2,1-2H3. The molecule has 3 aliphatic carbocycles. The third-order valence-corrected chi connectivity index (χ3v) is 8.40. The number of hydrogen-bond donors (Lipinski definition) is 1. The molecule has 7 heteroatoms. The van der Waals surface area contributed by atoms with Crippen molar-refractivity contribution in [1.82, 2.24) is 4.90 Å². The molecule has 4 atom stereocenters. The van der Waals surface area contributed by atoms with Gasteiger partial charge in [-0.2, -0.15) is 0 Å². The van der Waals surface area contributed by atoms with Crippen molar-refractivity contribution < 1.29 is 29.0 Å².